The molecule has 2 aromatic heterocycles. The van der Waals surface area contributed by atoms with E-state index in [0.717, 1.165) is 39.2 Å². The summed E-state index contributed by atoms with van der Waals surface area (Å²) < 4.78 is 0. The van der Waals surface area contributed by atoms with E-state index in [9.17, 15) is 0 Å². The zero-order valence-corrected chi connectivity index (χ0v) is 26.9. The van der Waals surface area contributed by atoms with Gasteiger partial charge in [0.1, 0.15) is 0 Å². The van der Waals surface area contributed by atoms with Gasteiger partial charge in [0.15, 0.2) is 0 Å². The summed E-state index contributed by atoms with van der Waals surface area (Å²) in [6.45, 7) is 0. The second-order valence-corrected chi connectivity index (χ2v) is 12.6. The fourth-order valence-electron chi connectivity index (χ4n) is 7.68. The molecule has 1 aliphatic carbocycles. The molecule has 230 valence electrons. The predicted molar refractivity (Wildman–Crippen MR) is 201 cm³/mol. The van der Waals surface area contributed by atoms with Crippen LogP contribution in [0.25, 0.3) is 55.9 Å². The molecular weight excluding hydrogens is 593 g/mol. The molecule has 2 heterocycles. The first-order valence-electron chi connectivity index (χ1n) is 16.7. The molecule has 0 radical (unpaired) electrons. The van der Waals surface area contributed by atoms with Gasteiger partial charge in [0.2, 0.25) is 0 Å². The molecule has 0 N–H and O–H groups in total. The molecule has 2 nitrogen and oxygen atoms in total. The van der Waals surface area contributed by atoms with Gasteiger partial charge in [-0.3, -0.25) is 4.98 Å². The molecule has 2 heteroatoms. The molecule has 0 saturated carbocycles. The first-order valence-corrected chi connectivity index (χ1v) is 16.7. The van der Waals surface area contributed by atoms with Gasteiger partial charge in [-0.25, -0.2) is 4.98 Å². The van der Waals surface area contributed by atoms with Crippen LogP contribution < -0.4 is 0 Å². The maximum Gasteiger partial charge on any atom is 0.0728 e. The summed E-state index contributed by atoms with van der Waals surface area (Å²) >= 11 is 0. The number of hydrogen-bond donors (Lipinski definition) is 0. The summed E-state index contributed by atoms with van der Waals surface area (Å²) in [6.07, 6.45) is 3.88. The Balaban J connectivity index is 1.29. The molecule has 1 atom stereocenters. The van der Waals surface area contributed by atoms with Crippen molar-refractivity contribution in [3.8, 4) is 55.9 Å². The Morgan fingerprint density at radius 3 is 1.63 bits per heavy atom. The first kappa shape index (κ1) is 28.8. The standard InChI is InChI=1S/C47H32N2/c1-4-14-33(15-5-1)35-25-27-36(28-26-35)44-30-37(34-16-6-2-7-17-34)31-45(49-44)41-22-12-24-43-46(41)40-21-10-11-23-42(40)47(43,38-18-8-3-9-19-38)39-20-13-29-48-32-39/h1-32H. The van der Waals surface area contributed by atoms with Crippen molar-refractivity contribution in [3.63, 3.8) is 0 Å². The molecule has 9 rings (SSSR count). The van der Waals surface area contributed by atoms with Crippen molar-refractivity contribution < 1.29 is 0 Å². The highest BCUT2D eigenvalue weighted by molar-refractivity contribution is 5.95. The van der Waals surface area contributed by atoms with Crippen LogP contribution in [0.1, 0.15) is 22.3 Å². The van der Waals surface area contributed by atoms with Gasteiger partial charge in [-0.05, 0) is 73.8 Å². The lowest BCUT2D eigenvalue weighted by Gasteiger charge is -2.33. The Morgan fingerprint density at radius 1 is 0.367 bits per heavy atom. The molecule has 0 saturated heterocycles. The molecule has 6 aromatic carbocycles. The van der Waals surface area contributed by atoms with Crippen molar-refractivity contribution in [1.82, 2.24) is 9.97 Å². The summed E-state index contributed by atoms with van der Waals surface area (Å²) in [7, 11) is 0. The normalized spacial score (nSPS) is 14.6. The molecule has 0 aliphatic heterocycles. The van der Waals surface area contributed by atoms with Crippen LogP contribution in [0, 0.1) is 0 Å². The second-order valence-electron chi connectivity index (χ2n) is 12.6. The summed E-state index contributed by atoms with van der Waals surface area (Å²) in [5, 5.41) is 0. The minimum atomic E-state index is -0.523. The lowest BCUT2D eigenvalue weighted by molar-refractivity contribution is 0.763. The van der Waals surface area contributed by atoms with Crippen molar-refractivity contribution in [2.24, 2.45) is 0 Å². The van der Waals surface area contributed by atoms with E-state index < -0.39 is 5.41 Å². The fraction of sp³-hybridized carbons (Fsp3) is 0.0213. The summed E-state index contributed by atoms with van der Waals surface area (Å²) in [4.78, 5) is 10.1. The number of benzene rings is 6. The third kappa shape index (κ3) is 4.80. The quantitative estimate of drug-likeness (QED) is 0.184. The fourth-order valence-corrected chi connectivity index (χ4v) is 7.68. The Kier molecular flexibility index (Phi) is 7.06. The van der Waals surface area contributed by atoms with Gasteiger partial charge in [0, 0.05) is 23.5 Å². The Bertz CT molecular complexity index is 2360. The SMILES string of the molecule is c1ccc(-c2ccc(-c3cc(-c4ccccc4)cc(-c4cccc5c4-c4ccccc4C5(c4ccccc4)c4cccnc4)n3)cc2)cc1. The molecule has 49 heavy (non-hydrogen) atoms. The van der Waals surface area contributed by atoms with Gasteiger partial charge in [0.05, 0.1) is 16.8 Å². The summed E-state index contributed by atoms with van der Waals surface area (Å²) in [6, 6.07) is 65.1. The summed E-state index contributed by atoms with van der Waals surface area (Å²) in [5.41, 5.74) is 15.6. The van der Waals surface area contributed by atoms with E-state index >= 15 is 0 Å². The smallest absolute Gasteiger partial charge is 0.0728 e. The van der Waals surface area contributed by atoms with Crippen molar-refractivity contribution >= 4 is 0 Å². The van der Waals surface area contributed by atoms with Gasteiger partial charge in [-0.1, -0.05) is 164 Å². The van der Waals surface area contributed by atoms with Gasteiger partial charge in [0.25, 0.3) is 0 Å². The van der Waals surface area contributed by atoms with E-state index in [1.165, 1.54) is 38.9 Å². The van der Waals surface area contributed by atoms with Gasteiger partial charge < -0.3 is 0 Å². The van der Waals surface area contributed by atoms with E-state index in [-0.39, 0.29) is 0 Å². The van der Waals surface area contributed by atoms with Crippen molar-refractivity contribution in [2.75, 3.05) is 0 Å². The largest absolute Gasteiger partial charge is 0.264 e. The average molecular weight is 625 g/mol. The highest BCUT2D eigenvalue weighted by Gasteiger charge is 2.47. The van der Waals surface area contributed by atoms with E-state index in [0.29, 0.717) is 0 Å². The van der Waals surface area contributed by atoms with Crippen LogP contribution in [-0.4, -0.2) is 9.97 Å². The van der Waals surface area contributed by atoms with Gasteiger partial charge in [-0.15, -0.1) is 0 Å². The Hall–Kier alpha value is -6.38. The summed E-state index contributed by atoms with van der Waals surface area (Å²) in [5.74, 6) is 0. The highest BCUT2D eigenvalue weighted by atomic mass is 14.7. The van der Waals surface area contributed by atoms with Crippen LogP contribution in [0.2, 0.25) is 0 Å². The van der Waals surface area contributed by atoms with Crippen LogP contribution in [0.4, 0.5) is 0 Å². The topological polar surface area (TPSA) is 25.8 Å². The van der Waals surface area contributed by atoms with Crippen molar-refractivity contribution in [2.45, 2.75) is 5.41 Å². The van der Waals surface area contributed by atoms with Crippen molar-refractivity contribution in [1.29, 1.82) is 0 Å². The van der Waals surface area contributed by atoms with Crippen LogP contribution in [0.15, 0.2) is 194 Å². The molecule has 0 bridgehead atoms. The monoisotopic (exact) mass is 624 g/mol. The molecule has 0 amide bonds. The molecular formula is C47H32N2. The van der Waals surface area contributed by atoms with E-state index in [1.54, 1.807) is 0 Å². The maximum absolute atomic E-state index is 5.43. The molecule has 1 unspecified atom stereocenters. The number of aromatic nitrogens is 2. The van der Waals surface area contributed by atoms with E-state index in [4.69, 9.17) is 4.98 Å². The number of pyridine rings is 2. The maximum atomic E-state index is 5.43. The van der Waals surface area contributed by atoms with Crippen LogP contribution in [0.3, 0.4) is 0 Å². The highest BCUT2D eigenvalue weighted by Crippen LogP contribution is 2.58. The molecule has 0 fully saturated rings. The van der Waals surface area contributed by atoms with Crippen molar-refractivity contribution in [3.05, 3.63) is 217 Å². The minimum Gasteiger partial charge on any atom is -0.264 e. The zero-order valence-electron chi connectivity index (χ0n) is 26.9. The number of rotatable bonds is 6. The minimum absolute atomic E-state index is 0.523. The number of hydrogen-bond acceptors (Lipinski definition) is 2. The Labute approximate surface area is 287 Å². The van der Waals surface area contributed by atoms with E-state index in [2.05, 4.69) is 181 Å². The lowest BCUT2D eigenvalue weighted by atomic mass is 9.68. The number of nitrogens with zero attached hydrogens (tertiary/aromatic N) is 2. The molecule has 1 aliphatic rings. The van der Waals surface area contributed by atoms with Crippen LogP contribution in [-0.2, 0) is 5.41 Å². The second kappa shape index (κ2) is 12.0. The first-order chi connectivity index (χ1) is 24.3. The number of fused-ring (bicyclic) bond motifs is 3. The molecule has 8 aromatic rings. The third-order valence-electron chi connectivity index (χ3n) is 9.87. The van der Waals surface area contributed by atoms with E-state index in [1.807, 2.05) is 18.5 Å². The van der Waals surface area contributed by atoms with Gasteiger partial charge >= 0.3 is 0 Å². The average Bonchev–Trinajstić information content (AvgIpc) is 3.50. The predicted octanol–water partition coefficient (Wildman–Crippen LogP) is 11.5. The molecule has 0 spiro atoms. The zero-order chi connectivity index (χ0) is 32.6. The Morgan fingerprint density at radius 2 is 0.918 bits per heavy atom. The van der Waals surface area contributed by atoms with Crippen LogP contribution >= 0.6 is 0 Å². The third-order valence-corrected chi connectivity index (χ3v) is 9.87. The lowest BCUT2D eigenvalue weighted by Crippen LogP contribution is -2.28. The van der Waals surface area contributed by atoms with Gasteiger partial charge in [-0.2, -0.15) is 0 Å². The van der Waals surface area contributed by atoms with Crippen LogP contribution in [0.5, 0.6) is 0 Å².